The number of rotatable bonds is 8. The van der Waals surface area contributed by atoms with Crippen molar-refractivity contribution in [3.05, 3.63) is 29.3 Å². The Kier molecular flexibility index (Phi) is 7.08. The van der Waals surface area contributed by atoms with Gasteiger partial charge in [0.25, 0.3) is 11.8 Å². The molecule has 32 heavy (non-hydrogen) atoms. The van der Waals surface area contributed by atoms with Crippen molar-refractivity contribution < 1.29 is 41.4 Å². The number of sulfone groups is 1. The summed E-state index contributed by atoms with van der Waals surface area (Å²) in [6.45, 7) is -1.10. The van der Waals surface area contributed by atoms with Crippen LogP contribution in [0.1, 0.15) is 29.8 Å². The highest BCUT2D eigenvalue weighted by Crippen LogP contribution is 2.42. The van der Waals surface area contributed by atoms with Crippen LogP contribution in [0.2, 0.25) is 0 Å². The number of benzene rings is 1. The van der Waals surface area contributed by atoms with Crippen LogP contribution in [0.25, 0.3) is 0 Å². The van der Waals surface area contributed by atoms with Crippen LogP contribution in [0.15, 0.2) is 27.3 Å². The quantitative estimate of drug-likeness (QED) is 0.505. The van der Waals surface area contributed by atoms with Crippen LogP contribution in [0.3, 0.4) is 0 Å². The van der Waals surface area contributed by atoms with Crippen LogP contribution < -0.4 is 20.5 Å². The number of alkyl halides is 2. The molecule has 0 bridgehead atoms. The van der Waals surface area contributed by atoms with Gasteiger partial charge in [-0.05, 0) is 26.0 Å². The lowest BCUT2D eigenvalue weighted by molar-refractivity contribution is -0.130. The average molecular weight is 489 g/mol. The maximum absolute atomic E-state index is 13.2. The molecule has 2 aromatic rings. The second-order valence-electron chi connectivity index (χ2n) is 6.69. The van der Waals surface area contributed by atoms with Crippen molar-refractivity contribution in [2.45, 2.75) is 35.2 Å². The van der Waals surface area contributed by atoms with Crippen molar-refractivity contribution in [2.75, 3.05) is 12.4 Å². The number of primary amides is 1. The zero-order chi connectivity index (χ0) is 24.4. The minimum absolute atomic E-state index is 0.232. The molecule has 2 amide bonds. The fourth-order valence-corrected chi connectivity index (χ4v) is 5.25. The molecule has 0 aliphatic rings. The third kappa shape index (κ3) is 5.13. The number of hydrogen-bond acceptors (Lipinski definition) is 9. The second kappa shape index (κ2) is 9.07. The van der Waals surface area contributed by atoms with Crippen molar-refractivity contribution in [3.8, 4) is 17.6 Å². The van der Waals surface area contributed by atoms with Crippen molar-refractivity contribution in [1.82, 2.24) is 0 Å². The standard InChI is InChI=1S/C18H17F2N3O7S2/c1-18(2,26)16(25)23-15-9(14(22)24)6-12(31-15)32(27,28)11-5-8(7-21)4-10(29-3)13(11)30-17(19)20/h4-6,17,26H,1-3H3,(H2,22,24)(H,23,25). The molecule has 0 saturated heterocycles. The first-order chi connectivity index (χ1) is 14.7. The predicted molar refractivity (Wildman–Crippen MR) is 108 cm³/mol. The first kappa shape index (κ1) is 25.0. The third-order valence-electron chi connectivity index (χ3n) is 3.89. The fraction of sp³-hybridized carbons (Fsp3) is 0.278. The first-order valence-electron chi connectivity index (χ1n) is 8.51. The van der Waals surface area contributed by atoms with Crippen LogP contribution >= 0.6 is 11.3 Å². The number of aliphatic hydroxyl groups is 1. The van der Waals surface area contributed by atoms with Gasteiger partial charge in [0.2, 0.25) is 9.84 Å². The lowest BCUT2D eigenvalue weighted by Crippen LogP contribution is -2.36. The number of nitrogens with zero attached hydrogens (tertiary/aromatic N) is 1. The van der Waals surface area contributed by atoms with Gasteiger partial charge in [-0.2, -0.15) is 14.0 Å². The number of nitrogens with two attached hydrogens (primary N) is 1. The third-order valence-corrected chi connectivity index (χ3v) is 7.17. The van der Waals surface area contributed by atoms with E-state index in [1.165, 1.54) is 0 Å². The molecule has 2 rings (SSSR count). The molecule has 0 unspecified atom stereocenters. The Morgan fingerprint density at radius 3 is 2.41 bits per heavy atom. The maximum Gasteiger partial charge on any atom is 0.387 e. The number of anilines is 1. The summed E-state index contributed by atoms with van der Waals surface area (Å²) in [6.07, 6.45) is 0. The van der Waals surface area contributed by atoms with E-state index >= 15 is 0 Å². The van der Waals surface area contributed by atoms with Crippen LogP contribution in [-0.2, 0) is 14.6 Å². The van der Waals surface area contributed by atoms with Crippen molar-refractivity contribution in [1.29, 1.82) is 5.26 Å². The lowest BCUT2D eigenvalue weighted by Gasteiger charge is -2.16. The van der Waals surface area contributed by atoms with E-state index in [-0.39, 0.29) is 10.6 Å². The minimum atomic E-state index is -4.68. The Labute approximate surface area is 185 Å². The first-order valence-corrected chi connectivity index (χ1v) is 10.8. The van der Waals surface area contributed by atoms with E-state index in [4.69, 9.17) is 15.7 Å². The Bertz CT molecular complexity index is 1210. The summed E-state index contributed by atoms with van der Waals surface area (Å²) in [5, 5.41) is 20.9. The van der Waals surface area contributed by atoms with E-state index in [1.54, 1.807) is 6.07 Å². The Morgan fingerprint density at radius 2 is 1.94 bits per heavy atom. The van der Waals surface area contributed by atoms with Crippen LogP contribution in [-0.4, -0.2) is 44.7 Å². The van der Waals surface area contributed by atoms with E-state index in [0.717, 1.165) is 39.2 Å². The summed E-state index contributed by atoms with van der Waals surface area (Å²) < 4.78 is 61.0. The molecule has 1 aromatic heterocycles. The van der Waals surface area contributed by atoms with Crippen LogP contribution in [0.5, 0.6) is 11.5 Å². The number of hydrogen-bond donors (Lipinski definition) is 3. The molecule has 0 saturated carbocycles. The summed E-state index contributed by atoms with van der Waals surface area (Å²) in [5.74, 6) is -3.34. The molecule has 0 aliphatic carbocycles. The molecule has 172 valence electrons. The molecule has 0 atom stereocenters. The number of thiophene rings is 1. The van der Waals surface area contributed by atoms with Gasteiger partial charge < -0.3 is 25.6 Å². The molecule has 1 heterocycles. The van der Waals surface area contributed by atoms with Crippen molar-refractivity contribution >= 4 is 38.0 Å². The summed E-state index contributed by atoms with van der Waals surface area (Å²) in [4.78, 5) is 23.0. The Hall–Kier alpha value is -3.28. The molecule has 0 aliphatic heterocycles. The normalized spacial score (nSPS) is 11.7. The molecule has 0 spiro atoms. The number of amides is 2. The average Bonchev–Trinajstić information content (AvgIpc) is 3.11. The van der Waals surface area contributed by atoms with E-state index in [0.29, 0.717) is 11.3 Å². The highest BCUT2D eigenvalue weighted by molar-refractivity contribution is 7.93. The minimum Gasteiger partial charge on any atom is -0.493 e. The van der Waals surface area contributed by atoms with Gasteiger partial charge >= 0.3 is 6.61 Å². The number of nitrogens with one attached hydrogen (secondary N) is 1. The number of ether oxygens (including phenoxy) is 2. The van der Waals surface area contributed by atoms with E-state index < -0.39 is 60.0 Å². The molecular weight excluding hydrogens is 472 g/mol. The maximum atomic E-state index is 13.2. The molecule has 10 nitrogen and oxygen atoms in total. The van der Waals surface area contributed by atoms with E-state index in [1.807, 2.05) is 0 Å². The van der Waals surface area contributed by atoms with Gasteiger partial charge in [-0.3, -0.25) is 9.59 Å². The second-order valence-corrected chi connectivity index (χ2v) is 9.88. The molecular formula is C18H17F2N3O7S2. The van der Waals surface area contributed by atoms with Gasteiger partial charge in [0.1, 0.15) is 19.7 Å². The largest absolute Gasteiger partial charge is 0.493 e. The summed E-state index contributed by atoms with van der Waals surface area (Å²) in [5.41, 5.74) is 2.75. The number of carbonyl (C=O) groups is 2. The highest BCUT2D eigenvalue weighted by Gasteiger charge is 2.33. The summed E-state index contributed by atoms with van der Waals surface area (Å²) >= 11 is 0.390. The zero-order valence-electron chi connectivity index (χ0n) is 16.8. The highest BCUT2D eigenvalue weighted by atomic mass is 32.2. The smallest absolute Gasteiger partial charge is 0.387 e. The summed E-state index contributed by atoms with van der Waals surface area (Å²) in [6, 6.07) is 4.32. The van der Waals surface area contributed by atoms with E-state index in [2.05, 4.69) is 10.1 Å². The van der Waals surface area contributed by atoms with Gasteiger partial charge in [0, 0.05) is 6.07 Å². The van der Waals surface area contributed by atoms with Gasteiger partial charge in [-0.1, -0.05) is 0 Å². The fourth-order valence-electron chi connectivity index (χ4n) is 2.34. The van der Waals surface area contributed by atoms with Gasteiger partial charge in [0.15, 0.2) is 11.5 Å². The molecule has 0 fully saturated rings. The van der Waals surface area contributed by atoms with E-state index in [9.17, 15) is 31.9 Å². The number of carbonyl (C=O) groups excluding carboxylic acids is 2. The number of nitriles is 1. The number of halogens is 2. The predicted octanol–water partition coefficient (Wildman–Crippen LogP) is 1.87. The summed E-state index contributed by atoms with van der Waals surface area (Å²) in [7, 11) is -3.62. The number of methoxy groups -OCH3 is 1. The van der Waals surface area contributed by atoms with Crippen molar-refractivity contribution in [3.63, 3.8) is 0 Å². The monoisotopic (exact) mass is 489 g/mol. The SMILES string of the molecule is COc1cc(C#N)cc(S(=O)(=O)c2cc(C(N)=O)c(NC(=O)C(C)(C)O)s2)c1OC(F)F. The Balaban J connectivity index is 2.74. The molecule has 1 aromatic carbocycles. The lowest BCUT2D eigenvalue weighted by atomic mass is 10.1. The van der Waals surface area contributed by atoms with Crippen LogP contribution in [0, 0.1) is 11.3 Å². The van der Waals surface area contributed by atoms with Gasteiger partial charge in [-0.25, -0.2) is 8.42 Å². The van der Waals surface area contributed by atoms with Gasteiger partial charge in [-0.15, -0.1) is 11.3 Å². The molecule has 4 N–H and O–H groups in total. The van der Waals surface area contributed by atoms with Gasteiger partial charge in [0.05, 0.1) is 24.3 Å². The Morgan fingerprint density at radius 1 is 1.31 bits per heavy atom. The van der Waals surface area contributed by atoms with Crippen molar-refractivity contribution in [2.24, 2.45) is 5.73 Å². The molecule has 14 heteroatoms. The molecule has 0 radical (unpaired) electrons. The zero-order valence-corrected chi connectivity index (χ0v) is 18.4. The topological polar surface area (TPSA) is 169 Å². The van der Waals surface area contributed by atoms with Crippen LogP contribution in [0.4, 0.5) is 13.8 Å².